The second-order valence-corrected chi connectivity index (χ2v) is 5.42. The lowest BCUT2D eigenvalue weighted by atomic mass is 10.0. The summed E-state index contributed by atoms with van der Waals surface area (Å²) in [6.07, 6.45) is 1.10. The van der Waals surface area contributed by atoms with E-state index in [1.165, 1.54) is 0 Å². The predicted octanol–water partition coefficient (Wildman–Crippen LogP) is 2.21. The van der Waals surface area contributed by atoms with Crippen molar-refractivity contribution in [2.75, 3.05) is 5.32 Å². The maximum Gasteiger partial charge on any atom is 0.306 e. The summed E-state index contributed by atoms with van der Waals surface area (Å²) in [5, 5.41) is 15.3. The first kappa shape index (κ1) is 16.7. The Morgan fingerprint density at radius 2 is 2.00 bits per heavy atom. The van der Waals surface area contributed by atoms with Gasteiger partial charge in [-0.15, -0.1) is 0 Å². The van der Waals surface area contributed by atoms with E-state index >= 15 is 0 Å². The van der Waals surface area contributed by atoms with Gasteiger partial charge >= 0.3 is 5.97 Å². The molecular formula is C16H19N3O4. The summed E-state index contributed by atoms with van der Waals surface area (Å²) in [5.74, 6) is -0.415. The number of anilines is 1. The monoisotopic (exact) mass is 317 g/mol. The fourth-order valence-electron chi connectivity index (χ4n) is 2.05. The molecule has 1 atom stereocenters. The molecule has 0 aliphatic heterocycles. The Morgan fingerprint density at radius 1 is 1.30 bits per heavy atom. The molecule has 0 fully saturated rings. The van der Waals surface area contributed by atoms with Crippen LogP contribution < -0.4 is 5.32 Å². The van der Waals surface area contributed by atoms with Crippen molar-refractivity contribution in [3.05, 3.63) is 41.5 Å². The average molecular weight is 317 g/mol. The van der Waals surface area contributed by atoms with E-state index < -0.39 is 11.9 Å². The van der Waals surface area contributed by atoms with Crippen molar-refractivity contribution in [1.82, 2.24) is 10.1 Å². The molecule has 0 aliphatic carbocycles. The first-order valence-corrected chi connectivity index (χ1v) is 7.35. The summed E-state index contributed by atoms with van der Waals surface area (Å²) in [5.41, 5.74) is 1.59. The minimum Gasteiger partial charge on any atom is -0.481 e. The molecule has 2 N–H and O–H groups in total. The van der Waals surface area contributed by atoms with E-state index in [0.29, 0.717) is 30.2 Å². The lowest BCUT2D eigenvalue weighted by Crippen LogP contribution is -2.13. The maximum absolute atomic E-state index is 11.9. The van der Waals surface area contributed by atoms with Crippen LogP contribution in [0.25, 0.3) is 0 Å². The van der Waals surface area contributed by atoms with Gasteiger partial charge in [0.1, 0.15) is 0 Å². The van der Waals surface area contributed by atoms with Gasteiger partial charge in [0.2, 0.25) is 11.8 Å². The van der Waals surface area contributed by atoms with Crippen LogP contribution in [0, 0.1) is 12.8 Å². The molecule has 1 aromatic heterocycles. The molecule has 0 saturated carbocycles. The molecule has 0 bridgehead atoms. The van der Waals surface area contributed by atoms with Gasteiger partial charge < -0.3 is 14.9 Å². The largest absolute Gasteiger partial charge is 0.481 e. The zero-order valence-corrected chi connectivity index (χ0v) is 13.1. The van der Waals surface area contributed by atoms with Crippen LogP contribution >= 0.6 is 0 Å². The van der Waals surface area contributed by atoms with Gasteiger partial charge in [-0.3, -0.25) is 9.59 Å². The van der Waals surface area contributed by atoms with Gasteiger partial charge in [0, 0.05) is 18.5 Å². The molecule has 23 heavy (non-hydrogen) atoms. The smallest absolute Gasteiger partial charge is 0.306 e. The Hall–Kier alpha value is -2.70. The highest BCUT2D eigenvalue weighted by Crippen LogP contribution is 2.14. The van der Waals surface area contributed by atoms with E-state index in [4.69, 9.17) is 9.63 Å². The first-order valence-electron chi connectivity index (χ1n) is 7.35. The van der Waals surface area contributed by atoms with Gasteiger partial charge in [-0.05, 0) is 31.0 Å². The Kier molecular flexibility index (Phi) is 5.46. The van der Waals surface area contributed by atoms with Gasteiger partial charge in [0.15, 0.2) is 5.82 Å². The van der Waals surface area contributed by atoms with Gasteiger partial charge in [0.05, 0.1) is 5.92 Å². The predicted molar refractivity (Wildman–Crippen MR) is 82.9 cm³/mol. The Morgan fingerprint density at radius 3 is 2.57 bits per heavy atom. The van der Waals surface area contributed by atoms with Gasteiger partial charge in [0.25, 0.3) is 0 Å². The minimum atomic E-state index is -0.821. The molecule has 1 unspecified atom stereocenters. The average Bonchev–Trinajstić information content (AvgIpc) is 2.92. The van der Waals surface area contributed by atoms with Crippen molar-refractivity contribution < 1.29 is 19.2 Å². The number of nitrogens with zero attached hydrogens (tertiary/aromatic N) is 2. The second kappa shape index (κ2) is 7.53. The number of benzene rings is 1. The minimum absolute atomic E-state index is 0.146. The van der Waals surface area contributed by atoms with E-state index in [0.717, 1.165) is 5.56 Å². The quantitative estimate of drug-likeness (QED) is 0.811. The number of nitrogens with one attached hydrogen (secondary N) is 1. The molecule has 0 aliphatic rings. The van der Waals surface area contributed by atoms with Gasteiger partial charge in [-0.2, -0.15) is 4.98 Å². The molecule has 1 heterocycles. The van der Waals surface area contributed by atoms with Gasteiger partial charge in [-0.25, -0.2) is 0 Å². The molecule has 7 nitrogen and oxygen atoms in total. The van der Waals surface area contributed by atoms with Crippen LogP contribution in [0.4, 0.5) is 5.69 Å². The molecule has 0 saturated heterocycles. The van der Waals surface area contributed by atoms with Crippen LogP contribution in [0.3, 0.4) is 0 Å². The molecule has 1 aromatic carbocycles. The van der Waals surface area contributed by atoms with Crippen LogP contribution in [0.1, 0.15) is 30.6 Å². The standard InChI is InChI=1S/C16H19N3O4/c1-10(16(21)22)9-12-3-5-13(6-4-12)18-14(20)7-8-15-17-11(2)19-23-15/h3-6,10H,7-9H2,1-2H3,(H,18,20)(H,21,22). The van der Waals surface area contributed by atoms with Crippen molar-refractivity contribution in [3.63, 3.8) is 0 Å². The Bertz CT molecular complexity index is 679. The van der Waals surface area contributed by atoms with Crippen LogP contribution in [0.15, 0.2) is 28.8 Å². The third-order valence-corrected chi connectivity index (χ3v) is 3.34. The Balaban J connectivity index is 1.82. The SMILES string of the molecule is Cc1noc(CCC(=O)Nc2ccc(CC(C)C(=O)O)cc2)n1. The highest BCUT2D eigenvalue weighted by Gasteiger charge is 2.12. The van der Waals surface area contributed by atoms with Crippen LogP contribution in [0.5, 0.6) is 0 Å². The molecule has 122 valence electrons. The summed E-state index contributed by atoms with van der Waals surface area (Å²) in [6.45, 7) is 3.39. The zero-order valence-electron chi connectivity index (χ0n) is 13.1. The molecule has 2 aromatic rings. The first-order chi connectivity index (χ1) is 10.9. The van der Waals surface area contributed by atoms with E-state index in [1.54, 1.807) is 26.0 Å². The fourth-order valence-corrected chi connectivity index (χ4v) is 2.05. The topological polar surface area (TPSA) is 105 Å². The lowest BCUT2D eigenvalue weighted by Gasteiger charge is -2.08. The summed E-state index contributed by atoms with van der Waals surface area (Å²) in [6, 6.07) is 7.16. The fraction of sp³-hybridized carbons (Fsp3) is 0.375. The van der Waals surface area contributed by atoms with Crippen LogP contribution in [-0.4, -0.2) is 27.1 Å². The third-order valence-electron chi connectivity index (χ3n) is 3.34. The van der Waals surface area contributed by atoms with Crippen LogP contribution in [-0.2, 0) is 22.4 Å². The number of carboxylic acids is 1. The number of rotatable bonds is 7. The molecule has 2 rings (SSSR count). The third kappa shape index (κ3) is 5.21. The van der Waals surface area contributed by atoms with Crippen molar-refractivity contribution >= 4 is 17.6 Å². The van der Waals surface area contributed by atoms with Gasteiger partial charge in [-0.1, -0.05) is 24.2 Å². The summed E-state index contributed by atoms with van der Waals surface area (Å²) >= 11 is 0. The van der Waals surface area contributed by atoms with E-state index in [1.807, 2.05) is 12.1 Å². The maximum atomic E-state index is 11.9. The van der Waals surface area contributed by atoms with E-state index in [-0.39, 0.29) is 12.3 Å². The molecule has 0 spiro atoms. The van der Waals surface area contributed by atoms with Crippen molar-refractivity contribution in [1.29, 1.82) is 0 Å². The number of hydrogen-bond acceptors (Lipinski definition) is 5. The lowest BCUT2D eigenvalue weighted by molar-refractivity contribution is -0.141. The van der Waals surface area contributed by atoms with Crippen molar-refractivity contribution in [2.45, 2.75) is 33.1 Å². The van der Waals surface area contributed by atoms with Crippen molar-refractivity contribution in [2.24, 2.45) is 5.92 Å². The molecular weight excluding hydrogens is 298 g/mol. The highest BCUT2D eigenvalue weighted by molar-refractivity contribution is 5.90. The number of carbonyl (C=O) groups is 2. The summed E-state index contributed by atoms with van der Waals surface area (Å²) in [7, 11) is 0. The number of aromatic nitrogens is 2. The normalized spacial score (nSPS) is 11.9. The number of carboxylic acid groups (broad SMARTS) is 1. The summed E-state index contributed by atoms with van der Waals surface area (Å²) in [4.78, 5) is 26.7. The highest BCUT2D eigenvalue weighted by atomic mass is 16.5. The second-order valence-electron chi connectivity index (χ2n) is 5.42. The van der Waals surface area contributed by atoms with Crippen LogP contribution in [0.2, 0.25) is 0 Å². The number of amides is 1. The number of hydrogen-bond donors (Lipinski definition) is 2. The van der Waals surface area contributed by atoms with E-state index in [9.17, 15) is 9.59 Å². The molecule has 1 amide bonds. The summed E-state index contributed by atoms with van der Waals surface area (Å²) < 4.78 is 4.95. The number of carbonyl (C=O) groups excluding carboxylic acids is 1. The van der Waals surface area contributed by atoms with E-state index in [2.05, 4.69) is 15.5 Å². The molecule has 7 heteroatoms. The van der Waals surface area contributed by atoms with Crippen molar-refractivity contribution in [3.8, 4) is 0 Å². The Labute approximate surface area is 133 Å². The molecule has 0 radical (unpaired) electrons. The zero-order chi connectivity index (χ0) is 16.8. The number of aryl methyl sites for hydroxylation is 2. The number of aliphatic carboxylic acids is 1.